The molecular weight excluding hydrogens is 376 g/mol. The molecule has 2 N–H and O–H groups in total. The second-order valence-electron chi connectivity index (χ2n) is 7.71. The molecule has 1 heterocycles. The minimum atomic E-state index is -0.0693. The molecule has 6 nitrogen and oxygen atoms in total. The average Bonchev–Trinajstić information content (AvgIpc) is 3.08. The molecule has 1 unspecified atom stereocenters. The van der Waals surface area contributed by atoms with Crippen LogP contribution in [0, 0.1) is 6.92 Å². The monoisotopic (exact) mass is 406 g/mol. The van der Waals surface area contributed by atoms with Crippen molar-refractivity contribution in [1.82, 2.24) is 20.2 Å². The summed E-state index contributed by atoms with van der Waals surface area (Å²) in [7, 11) is 0. The Kier molecular flexibility index (Phi) is 7.22. The molecule has 0 saturated heterocycles. The number of hydrogen-bond acceptors (Lipinski definition) is 3. The first-order chi connectivity index (χ1) is 14.5. The van der Waals surface area contributed by atoms with Gasteiger partial charge >= 0.3 is 0 Å². The minimum absolute atomic E-state index is 0.0125. The fourth-order valence-corrected chi connectivity index (χ4v) is 3.40. The van der Waals surface area contributed by atoms with Crippen molar-refractivity contribution in [2.24, 2.45) is 0 Å². The van der Waals surface area contributed by atoms with Gasteiger partial charge in [-0.3, -0.25) is 9.59 Å². The van der Waals surface area contributed by atoms with Gasteiger partial charge in [0.1, 0.15) is 12.4 Å². The Morgan fingerprint density at radius 3 is 2.70 bits per heavy atom. The van der Waals surface area contributed by atoms with Gasteiger partial charge in [-0.05, 0) is 51.0 Å². The number of fused-ring (bicyclic) bond motifs is 1. The first-order valence-electron chi connectivity index (χ1n) is 10.6. The van der Waals surface area contributed by atoms with Crippen LogP contribution in [0.25, 0.3) is 11.0 Å². The Morgan fingerprint density at radius 2 is 1.93 bits per heavy atom. The second-order valence-corrected chi connectivity index (χ2v) is 7.71. The first kappa shape index (κ1) is 21.6. The molecule has 3 rings (SSSR count). The van der Waals surface area contributed by atoms with E-state index in [4.69, 9.17) is 4.98 Å². The number of para-hydroxylation sites is 2. The van der Waals surface area contributed by atoms with Gasteiger partial charge in [0.15, 0.2) is 0 Å². The van der Waals surface area contributed by atoms with Gasteiger partial charge in [-0.1, -0.05) is 36.8 Å². The van der Waals surface area contributed by atoms with Gasteiger partial charge < -0.3 is 15.2 Å². The van der Waals surface area contributed by atoms with Crippen molar-refractivity contribution in [3.8, 4) is 0 Å². The van der Waals surface area contributed by atoms with Crippen molar-refractivity contribution in [2.75, 3.05) is 6.54 Å². The zero-order valence-corrected chi connectivity index (χ0v) is 17.9. The summed E-state index contributed by atoms with van der Waals surface area (Å²) < 4.78 is 1.98. The van der Waals surface area contributed by atoms with Crippen LogP contribution in [0.5, 0.6) is 0 Å². The highest BCUT2D eigenvalue weighted by Gasteiger charge is 2.14. The van der Waals surface area contributed by atoms with Gasteiger partial charge in [-0.25, -0.2) is 4.98 Å². The van der Waals surface area contributed by atoms with Crippen LogP contribution in [0.2, 0.25) is 0 Å². The Labute approximate surface area is 177 Å². The highest BCUT2D eigenvalue weighted by Crippen LogP contribution is 2.17. The fourth-order valence-electron chi connectivity index (χ4n) is 3.40. The molecule has 2 amide bonds. The number of nitrogens with zero attached hydrogens (tertiary/aromatic N) is 2. The Bertz CT molecular complexity index is 1020. The topological polar surface area (TPSA) is 76.0 Å². The van der Waals surface area contributed by atoms with Gasteiger partial charge in [-0.2, -0.15) is 0 Å². The van der Waals surface area contributed by atoms with E-state index in [1.165, 1.54) is 0 Å². The van der Waals surface area contributed by atoms with E-state index < -0.39 is 0 Å². The number of imidazole rings is 1. The van der Waals surface area contributed by atoms with Crippen molar-refractivity contribution < 1.29 is 9.59 Å². The Balaban J connectivity index is 1.63. The molecule has 0 saturated carbocycles. The lowest BCUT2D eigenvalue weighted by atomic mass is 10.1. The van der Waals surface area contributed by atoms with Gasteiger partial charge in [-0.15, -0.1) is 0 Å². The summed E-state index contributed by atoms with van der Waals surface area (Å²) in [5, 5.41) is 5.99. The summed E-state index contributed by atoms with van der Waals surface area (Å²) in [5.74, 6) is 0.780. The smallest absolute Gasteiger partial charge is 0.251 e. The van der Waals surface area contributed by atoms with E-state index in [0.717, 1.165) is 35.3 Å². The van der Waals surface area contributed by atoms with Gasteiger partial charge in [0, 0.05) is 24.6 Å². The van der Waals surface area contributed by atoms with E-state index in [0.29, 0.717) is 18.5 Å². The maximum atomic E-state index is 12.5. The molecule has 1 atom stereocenters. The lowest BCUT2D eigenvalue weighted by Gasteiger charge is -2.14. The normalized spacial score (nSPS) is 12.0. The summed E-state index contributed by atoms with van der Waals surface area (Å²) in [6, 6.07) is 15.6. The van der Waals surface area contributed by atoms with E-state index in [1.54, 1.807) is 0 Å². The van der Waals surface area contributed by atoms with Crippen LogP contribution in [0.1, 0.15) is 48.4 Å². The van der Waals surface area contributed by atoms with E-state index in [2.05, 4.69) is 10.6 Å². The molecular formula is C24H30N4O2. The number of amides is 2. The molecule has 0 bridgehead atoms. The predicted octanol–water partition coefficient (Wildman–Crippen LogP) is 3.62. The Hall–Kier alpha value is -3.15. The molecule has 0 fully saturated rings. The average molecular weight is 407 g/mol. The maximum Gasteiger partial charge on any atom is 0.251 e. The number of benzene rings is 2. The molecule has 30 heavy (non-hydrogen) atoms. The van der Waals surface area contributed by atoms with Crippen LogP contribution >= 0.6 is 0 Å². The third kappa shape index (κ3) is 5.47. The molecule has 158 valence electrons. The number of carbonyl (C=O) groups excluding carboxylic acids is 2. The number of aryl methyl sites for hydroxylation is 2. The van der Waals surface area contributed by atoms with E-state index in [9.17, 15) is 9.59 Å². The van der Waals surface area contributed by atoms with Crippen LogP contribution < -0.4 is 10.6 Å². The summed E-state index contributed by atoms with van der Waals surface area (Å²) in [6.07, 6.45) is 2.32. The van der Waals surface area contributed by atoms with Crippen LogP contribution in [0.15, 0.2) is 48.5 Å². The second kappa shape index (κ2) is 10.1. The largest absolute Gasteiger partial charge is 0.352 e. The van der Waals surface area contributed by atoms with Crippen molar-refractivity contribution in [3.05, 3.63) is 65.5 Å². The fraction of sp³-hybridized carbons (Fsp3) is 0.375. The Morgan fingerprint density at radius 1 is 1.13 bits per heavy atom. The number of rotatable bonds is 9. The van der Waals surface area contributed by atoms with Crippen LogP contribution in [0.3, 0.4) is 0 Å². The summed E-state index contributed by atoms with van der Waals surface area (Å²) in [4.78, 5) is 29.5. The van der Waals surface area contributed by atoms with Crippen molar-refractivity contribution in [3.63, 3.8) is 0 Å². The molecule has 6 heteroatoms. The molecule has 1 aromatic heterocycles. The zero-order chi connectivity index (χ0) is 21.5. The lowest BCUT2D eigenvalue weighted by Crippen LogP contribution is -2.35. The van der Waals surface area contributed by atoms with Crippen molar-refractivity contribution in [2.45, 2.75) is 52.6 Å². The molecule has 2 aromatic carbocycles. The van der Waals surface area contributed by atoms with E-state index >= 15 is 0 Å². The molecule has 0 radical (unpaired) electrons. The molecule has 3 aromatic rings. The van der Waals surface area contributed by atoms with Crippen LogP contribution in [-0.2, 0) is 17.8 Å². The molecule has 0 aliphatic rings. The van der Waals surface area contributed by atoms with Crippen LogP contribution in [-0.4, -0.2) is 34.0 Å². The number of carbonyl (C=O) groups is 2. The SMILES string of the molecule is CCC(C)NC(=O)Cn1c(CCCNC(=O)c2cccc(C)c2)nc2ccccc21. The lowest BCUT2D eigenvalue weighted by molar-refractivity contribution is -0.122. The third-order valence-electron chi connectivity index (χ3n) is 5.20. The van der Waals surface area contributed by atoms with E-state index in [1.807, 2.05) is 73.9 Å². The summed E-state index contributed by atoms with van der Waals surface area (Å²) in [5.41, 5.74) is 3.57. The number of hydrogen-bond donors (Lipinski definition) is 2. The first-order valence-corrected chi connectivity index (χ1v) is 10.6. The highest BCUT2D eigenvalue weighted by molar-refractivity contribution is 5.94. The molecule has 0 aliphatic carbocycles. The summed E-state index contributed by atoms with van der Waals surface area (Å²) >= 11 is 0. The zero-order valence-electron chi connectivity index (χ0n) is 17.9. The number of nitrogens with one attached hydrogen (secondary N) is 2. The molecule has 0 spiro atoms. The van der Waals surface area contributed by atoms with Gasteiger partial charge in [0.2, 0.25) is 5.91 Å². The minimum Gasteiger partial charge on any atom is -0.352 e. The quantitative estimate of drug-likeness (QED) is 0.533. The summed E-state index contributed by atoms with van der Waals surface area (Å²) in [6.45, 7) is 6.82. The predicted molar refractivity (Wildman–Crippen MR) is 119 cm³/mol. The maximum absolute atomic E-state index is 12.5. The molecule has 0 aliphatic heterocycles. The standard InChI is InChI=1S/C24H30N4O2/c1-4-18(3)26-23(29)16-28-21-12-6-5-11-20(21)27-22(28)13-8-14-25-24(30)19-10-7-9-17(2)15-19/h5-7,9-12,15,18H,4,8,13-14,16H2,1-3H3,(H,25,30)(H,26,29). The number of aromatic nitrogens is 2. The van der Waals surface area contributed by atoms with Gasteiger partial charge in [0.25, 0.3) is 5.91 Å². The van der Waals surface area contributed by atoms with Crippen LogP contribution in [0.4, 0.5) is 0 Å². The van der Waals surface area contributed by atoms with E-state index in [-0.39, 0.29) is 24.4 Å². The van der Waals surface area contributed by atoms with Gasteiger partial charge in [0.05, 0.1) is 11.0 Å². The third-order valence-corrected chi connectivity index (χ3v) is 5.20. The highest BCUT2D eigenvalue weighted by atomic mass is 16.2. The van der Waals surface area contributed by atoms with Crippen molar-refractivity contribution in [1.29, 1.82) is 0 Å². The van der Waals surface area contributed by atoms with Crippen molar-refractivity contribution >= 4 is 22.8 Å².